The Balaban J connectivity index is 2.55. The van der Waals surface area contributed by atoms with Crippen LogP contribution in [-0.2, 0) is 0 Å². The van der Waals surface area contributed by atoms with E-state index in [0.717, 1.165) is 4.88 Å². The van der Waals surface area contributed by atoms with Gasteiger partial charge in [-0.2, -0.15) is 5.10 Å². The summed E-state index contributed by atoms with van der Waals surface area (Å²) in [5, 5.41) is 15.3. The van der Waals surface area contributed by atoms with Gasteiger partial charge in [0, 0.05) is 12.2 Å². The predicted octanol–water partition coefficient (Wildman–Crippen LogP) is 2.89. The third-order valence-corrected chi connectivity index (χ3v) is 3.12. The van der Waals surface area contributed by atoms with E-state index in [4.69, 9.17) is 5.11 Å². The van der Waals surface area contributed by atoms with Crippen LogP contribution in [0.3, 0.4) is 0 Å². The largest absolute Gasteiger partial charge is 0.478 e. The minimum atomic E-state index is -0.935. The molecule has 2 aromatic rings. The molecular weight excluding hydrogens is 224 g/mol. The van der Waals surface area contributed by atoms with Crippen LogP contribution in [0.2, 0.25) is 0 Å². The van der Waals surface area contributed by atoms with Crippen molar-refractivity contribution in [3.63, 3.8) is 0 Å². The summed E-state index contributed by atoms with van der Waals surface area (Å²) < 4.78 is 1.68. The highest BCUT2D eigenvalue weighted by Gasteiger charge is 2.18. The molecule has 0 amide bonds. The van der Waals surface area contributed by atoms with Gasteiger partial charge < -0.3 is 5.11 Å². The lowest BCUT2D eigenvalue weighted by atomic mass is 10.2. The Morgan fingerprint density at radius 1 is 1.56 bits per heavy atom. The van der Waals surface area contributed by atoms with E-state index in [1.165, 1.54) is 11.3 Å². The molecule has 0 aliphatic carbocycles. The molecular formula is C11H12N2O2S. The number of rotatable bonds is 3. The van der Waals surface area contributed by atoms with Gasteiger partial charge >= 0.3 is 5.97 Å². The Labute approximate surface area is 97.2 Å². The van der Waals surface area contributed by atoms with Crippen LogP contribution in [-0.4, -0.2) is 20.9 Å². The van der Waals surface area contributed by atoms with Gasteiger partial charge in [0.15, 0.2) is 0 Å². The van der Waals surface area contributed by atoms with E-state index in [1.807, 2.05) is 31.4 Å². The summed E-state index contributed by atoms with van der Waals surface area (Å²) >= 11 is 1.49. The fourth-order valence-electron chi connectivity index (χ4n) is 1.41. The summed E-state index contributed by atoms with van der Waals surface area (Å²) in [5.41, 5.74) is 0.812. The van der Waals surface area contributed by atoms with E-state index in [-0.39, 0.29) is 11.6 Å². The van der Waals surface area contributed by atoms with Crippen molar-refractivity contribution in [1.82, 2.24) is 9.78 Å². The molecule has 0 bridgehead atoms. The third kappa shape index (κ3) is 1.86. The number of hydrogen-bond donors (Lipinski definition) is 1. The maximum absolute atomic E-state index is 11.1. The van der Waals surface area contributed by atoms with Crippen molar-refractivity contribution in [3.05, 3.63) is 29.3 Å². The lowest BCUT2D eigenvalue weighted by Crippen LogP contribution is -2.00. The molecule has 0 aromatic carbocycles. The summed E-state index contributed by atoms with van der Waals surface area (Å²) in [4.78, 5) is 12.0. The number of aromatic nitrogens is 2. The summed E-state index contributed by atoms with van der Waals surface area (Å²) in [5.74, 6) is -0.935. The normalized spacial score (nSPS) is 10.9. The number of carbonyl (C=O) groups is 1. The topological polar surface area (TPSA) is 55.1 Å². The number of carboxylic acid groups (broad SMARTS) is 1. The first-order valence-electron chi connectivity index (χ1n) is 4.96. The molecule has 0 fully saturated rings. The zero-order valence-electron chi connectivity index (χ0n) is 9.04. The molecule has 2 rings (SSSR count). The molecule has 0 aliphatic heterocycles. The molecule has 4 nitrogen and oxygen atoms in total. The molecule has 0 radical (unpaired) electrons. The lowest BCUT2D eigenvalue weighted by molar-refractivity contribution is 0.0697. The molecule has 0 unspecified atom stereocenters. The Hall–Kier alpha value is -1.62. The van der Waals surface area contributed by atoms with E-state index < -0.39 is 5.97 Å². The summed E-state index contributed by atoms with van der Waals surface area (Å²) in [6.07, 6.45) is 1.59. The SMILES string of the molecule is CC(C)n1cc(C(=O)O)c(-c2cccs2)n1. The van der Waals surface area contributed by atoms with Crippen molar-refractivity contribution in [2.24, 2.45) is 0 Å². The van der Waals surface area contributed by atoms with E-state index >= 15 is 0 Å². The van der Waals surface area contributed by atoms with Crippen LogP contribution in [0, 0.1) is 0 Å². The number of aromatic carboxylic acids is 1. The first-order chi connectivity index (χ1) is 7.59. The summed E-state index contributed by atoms with van der Waals surface area (Å²) in [7, 11) is 0. The Morgan fingerprint density at radius 2 is 2.31 bits per heavy atom. The van der Waals surface area contributed by atoms with Crippen molar-refractivity contribution < 1.29 is 9.90 Å². The van der Waals surface area contributed by atoms with Crippen LogP contribution in [0.1, 0.15) is 30.2 Å². The average molecular weight is 236 g/mol. The van der Waals surface area contributed by atoms with E-state index in [1.54, 1.807) is 10.9 Å². The van der Waals surface area contributed by atoms with Gasteiger partial charge in [-0.15, -0.1) is 11.3 Å². The van der Waals surface area contributed by atoms with Gasteiger partial charge in [0.25, 0.3) is 0 Å². The fraction of sp³-hybridized carbons (Fsp3) is 0.273. The number of nitrogens with zero attached hydrogens (tertiary/aromatic N) is 2. The first kappa shape index (κ1) is 10.9. The van der Waals surface area contributed by atoms with Crippen LogP contribution in [0.4, 0.5) is 0 Å². The van der Waals surface area contributed by atoms with Crippen molar-refractivity contribution in [2.75, 3.05) is 0 Å². The summed E-state index contributed by atoms with van der Waals surface area (Å²) in [6.45, 7) is 3.94. The minimum absolute atomic E-state index is 0.159. The fourth-order valence-corrected chi connectivity index (χ4v) is 2.13. The van der Waals surface area contributed by atoms with E-state index in [0.29, 0.717) is 5.69 Å². The van der Waals surface area contributed by atoms with Crippen LogP contribution >= 0.6 is 11.3 Å². The molecule has 0 saturated carbocycles. The number of hydrogen-bond acceptors (Lipinski definition) is 3. The molecule has 5 heteroatoms. The minimum Gasteiger partial charge on any atom is -0.478 e. The number of thiophene rings is 1. The zero-order chi connectivity index (χ0) is 11.7. The number of carboxylic acids is 1. The van der Waals surface area contributed by atoms with Crippen molar-refractivity contribution in [3.8, 4) is 10.6 Å². The van der Waals surface area contributed by atoms with Crippen LogP contribution in [0.25, 0.3) is 10.6 Å². The monoisotopic (exact) mass is 236 g/mol. The highest BCUT2D eigenvalue weighted by atomic mass is 32.1. The van der Waals surface area contributed by atoms with Gasteiger partial charge in [0.05, 0.1) is 4.88 Å². The van der Waals surface area contributed by atoms with Crippen molar-refractivity contribution in [2.45, 2.75) is 19.9 Å². The molecule has 84 valence electrons. The van der Waals surface area contributed by atoms with Gasteiger partial charge in [0.2, 0.25) is 0 Å². The predicted molar refractivity (Wildman–Crippen MR) is 62.9 cm³/mol. The summed E-state index contributed by atoms with van der Waals surface area (Å²) in [6, 6.07) is 3.93. The van der Waals surface area contributed by atoms with E-state index in [9.17, 15) is 4.79 Å². The van der Waals surface area contributed by atoms with Crippen LogP contribution in [0.15, 0.2) is 23.7 Å². The standard InChI is InChI=1S/C11H12N2O2S/c1-7(2)13-6-8(11(14)15)10(12-13)9-4-3-5-16-9/h3-7H,1-2H3,(H,14,15). The molecule has 0 spiro atoms. The van der Waals surface area contributed by atoms with Crippen molar-refractivity contribution >= 4 is 17.3 Å². The maximum atomic E-state index is 11.1. The third-order valence-electron chi connectivity index (χ3n) is 2.25. The average Bonchev–Trinajstić information content (AvgIpc) is 2.86. The molecule has 2 aromatic heterocycles. The molecule has 1 N–H and O–H groups in total. The van der Waals surface area contributed by atoms with Gasteiger partial charge in [-0.3, -0.25) is 4.68 Å². The molecule has 0 aliphatic rings. The van der Waals surface area contributed by atoms with Crippen molar-refractivity contribution in [1.29, 1.82) is 0 Å². The van der Waals surface area contributed by atoms with E-state index in [2.05, 4.69) is 5.10 Å². The second kappa shape index (κ2) is 4.09. The zero-order valence-corrected chi connectivity index (χ0v) is 9.86. The highest BCUT2D eigenvalue weighted by Crippen LogP contribution is 2.27. The van der Waals surface area contributed by atoms with Gasteiger partial charge in [-0.1, -0.05) is 6.07 Å². The van der Waals surface area contributed by atoms with Gasteiger partial charge in [0.1, 0.15) is 11.3 Å². The molecule has 0 atom stereocenters. The van der Waals surface area contributed by atoms with Crippen LogP contribution in [0.5, 0.6) is 0 Å². The maximum Gasteiger partial charge on any atom is 0.339 e. The Kier molecular flexibility index (Phi) is 2.78. The van der Waals surface area contributed by atoms with Gasteiger partial charge in [-0.25, -0.2) is 4.79 Å². The first-order valence-corrected chi connectivity index (χ1v) is 5.84. The smallest absolute Gasteiger partial charge is 0.339 e. The second-order valence-corrected chi connectivity index (χ2v) is 4.70. The molecule has 16 heavy (non-hydrogen) atoms. The Morgan fingerprint density at radius 3 is 2.81 bits per heavy atom. The second-order valence-electron chi connectivity index (χ2n) is 3.75. The quantitative estimate of drug-likeness (QED) is 0.891. The molecule has 0 saturated heterocycles. The Bertz CT molecular complexity index is 500. The molecule has 2 heterocycles. The highest BCUT2D eigenvalue weighted by molar-refractivity contribution is 7.13. The van der Waals surface area contributed by atoms with Crippen LogP contribution < -0.4 is 0 Å². The van der Waals surface area contributed by atoms with Gasteiger partial charge in [-0.05, 0) is 25.3 Å². The lowest BCUT2D eigenvalue weighted by Gasteiger charge is -2.02.